The Hall–Kier alpha value is -6.72. The lowest BCUT2D eigenvalue weighted by Gasteiger charge is -2.18. The number of ether oxygens (including phenoxy) is 2. The zero-order valence-electron chi connectivity index (χ0n) is 36.1. The molecule has 5 rings (SSSR count). The van der Waals surface area contributed by atoms with Crippen molar-refractivity contribution in [1.82, 2.24) is 0 Å². The summed E-state index contributed by atoms with van der Waals surface area (Å²) in [4.78, 5) is 78.9. The summed E-state index contributed by atoms with van der Waals surface area (Å²) in [6, 6.07) is 21.7. The lowest BCUT2D eigenvalue weighted by atomic mass is 10.1. The molecule has 342 valence electrons. The topological polar surface area (TPSA) is 218 Å². The van der Waals surface area contributed by atoms with Gasteiger partial charge < -0.3 is 30.7 Å². The van der Waals surface area contributed by atoms with Crippen LogP contribution in [0.25, 0.3) is 0 Å². The van der Waals surface area contributed by atoms with Crippen LogP contribution in [0, 0.1) is 0 Å². The highest BCUT2D eigenvalue weighted by atomic mass is 35.5. The van der Waals surface area contributed by atoms with E-state index < -0.39 is 47.3 Å². The summed E-state index contributed by atoms with van der Waals surface area (Å²) >= 11 is 25.2. The molecule has 0 aliphatic carbocycles. The second-order valence-corrected chi connectivity index (χ2v) is 16.6. The molecule has 4 unspecified atom stereocenters. The Bertz CT molecular complexity index is 2560. The number of anilines is 4. The molecule has 4 N–H and O–H groups in total. The molecule has 4 amide bonds. The Morgan fingerprint density at radius 1 is 0.515 bits per heavy atom. The molecule has 0 spiro atoms. The molecular formula is C46H42Cl4N8O8. The first-order valence-corrected chi connectivity index (χ1v) is 21.4. The molecular weight excluding hydrogens is 934 g/mol. The third kappa shape index (κ3) is 13.2. The minimum absolute atomic E-state index is 0.00295. The SMILES string of the molecule is COc1cc(NC(=O)C(N=Nc2cc(Cl)cc(C(=O)Nc3ccccc3C(C)Cl)c2)C(C)=O)c(OC)cc1NC(=O)C(N=Nc1cc(Cl)cc(C(=O)Nc2ccccc2C(C)Cl)c1)C(C)=O. The molecule has 4 atom stereocenters. The maximum Gasteiger partial charge on any atom is 0.258 e. The number of alkyl halides is 2. The highest BCUT2D eigenvalue weighted by Crippen LogP contribution is 2.37. The van der Waals surface area contributed by atoms with E-state index in [9.17, 15) is 28.8 Å². The number of nitrogens with zero attached hydrogens (tertiary/aromatic N) is 4. The number of benzene rings is 5. The Morgan fingerprint density at radius 3 is 1.21 bits per heavy atom. The minimum atomic E-state index is -1.67. The van der Waals surface area contributed by atoms with E-state index in [1.54, 1.807) is 62.4 Å². The summed E-state index contributed by atoms with van der Waals surface area (Å²) in [6.45, 7) is 5.82. The third-order valence-electron chi connectivity index (χ3n) is 9.45. The zero-order chi connectivity index (χ0) is 48.2. The van der Waals surface area contributed by atoms with Gasteiger partial charge in [0.25, 0.3) is 23.6 Å². The number of nitrogens with one attached hydrogen (secondary N) is 4. The van der Waals surface area contributed by atoms with E-state index in [0.717, 1.165) is 13.8 Å². The van der Waals surface area contributed by atoms with Crippen molar-refractivity contribution in [2.24, 2.45) is 20.5 Å². The van der Waals surface area contributed by atoms with Crippen molar-refractivity contribution >= 4 is 116 Å². The number of para-hydroxylation sites is 2. The van der Waals surface area contributed by atoms with Crippen molar-refractivity contribution in [2.45, 2.75) is 50.5 Å². The Balaban J connectivity index is 1.31. The number of ketones is 2. The second kappa shape index (κ2) is 22.9. The van der Waals surface area contributed by atoms with Crippen LogP contribution in [0.4, 0.5) is 34.1 Å². The molecule has 16 nitrogen and oxygen atoms in total. The Labute approximate surface area is 399 Å². The molecule has 0 aromatic heterocycles. The molecule has 0 aliphatic rings. The van der Waals surface area contributed by atoms with Gasteiger partial charge in [-0.15, -0.1) is 23.2 Å². The lowest BCUT2D eigenvalue weighted by Crippen LogP contribution is -2.32. The van der Waals surface area contributed by atoms with E-state index in [4.69, 9.17) is 55.9 Å². The molecule has 0 aliphatic heterocycles. The maximum atomic E-state index is 13.5. The fourth-order valence-electron chi connectivity index (χ4n) is 6.21. The molecule has 0 radical (unpaired) electrons. The van der Waals surface area contributed by atoms with Crippen LogP contribution in [0.2, 0.25) is 10.0 Å². The molecule has 0 fully saturated rings. The smallest absolute Gasteiger partial charge is 0.258 e. The fraction of sp³-hybridized carbons (Fsp3) is 0.217. The fourth-order valence-corrected chi connectivity index (χ4v) is 7.05. The van der Waals surface area contributed by atoms with Gasteiger partial charge in [-0.1, -0.05) is 59.6 Å². The third-order valence-corrected chi connectivity index (χ3v) is 10.4. The van der Waals surface area contributed by atoms with Crippen LogP contribution in [0.1, 0.15) is 70.3 Å². The van der Waals surface area contributed by atoms with E-state index >= 15 is 0 Å². The quantitative estimate of drug-likeness (QED) is 0.0375. The molecule has 5 aromatic rings. The van der Waals surface area contributed by atoms with Gasteiger partial charge in [-0.05, 0) is 87.4 Å². The maximum absolute atomic E-state index is 13.5. The lowest BCUT2D eigenvalue weighted by molar-refractivity contribution is -0.127. The first-order chi connectivity index (χ1) is 31.4. The van der Waals surface area contributed by atoms with Crippen LogP contribution in [0.5, 0.6) is 11.5 Å². The number of hydrogen-bond donors (Lipinski definition) is 4. The summed E-state index contributed by atoms with van der Waals surface area (Å²) < 4.78 is 11.0. The molecule has 0 heterocycles. The van der Waals surface area contributed by atoms with Crippen LogP contribution in [0.15, 0.2) is 118 Å². The van der Waals surface area contributed by atoms with Crippen molar-refractivity contribution in [3.05, 3.63) is 129 Å². The van der Waals surface area contributed by atoms with E-state index in [2.05, 4.69) is 41.7 Å². The number of methoxy groups -OCH3 is 2. The number of Topliss-reactive ketones (excluding diaryl/α,β-unsaturated/α-hetero) is 2. The van der Waals surface area contributed by atoms with Crippen molar-refractivity contribution in [1.29, 1.82) is 0 Å². The molecule has 66 heavy (non-hydrogen) atoms. The van der Waals surface area contributed by atoms with Crippen molar-refractivity contribution in [3.63, 3.8) is 0 Å². The zero-order valence-corrected chi connectivity index (χ0v) is 39.1. The van der Waals surface area contributed by atoms with Crippen LogP contribution in [-0.2, 0) is 19.2 Å². The average Bonchev–Trinajstić information content (AvgIpc) is 3.26. The van der Waals surface area contributed by atoms with Gasteiger partial charge in [0.15, 0.2) is 11.6 Å². The number of rotatable bonds is 18. The van der Waals surface area contributed by atoms with E-state index in [-0.39, 0.29) is 66.2 Å². The molecule has 0 saturated heterocycles. The normalized spacial score (nSPS) is 13.0. The largest absolute Gasteiger partial charge is 0.494 e. The number of halogens is 4. The van der Waals surface area contributed by atoms with E-state index in [1.807, 2.05) is 0 Å². The van der Waals surface area contributed by atoms with Gasteiger partial charge in [0.05, 0.1) is 47.7 Å². The number of hydrogen-bond acceptors (Lipinski definition) is 12. The van der Waals surface area contributed by atoms with Gasteiger partial charge in [-0.3, -0.25) is 28.8 Å². The first kappa shape index (κ1) is 50.3. The summed E-state index contributed by atoms with van der Waals surface area (Å²) in [7, 11) is 2.58. The predicted molar refractivity (Wildman–Crippen MR) is 255 cm³/mol. The number of amides is 4. The van der Waals surface area contributed by atoms with E-state index in [1.165, 1.54) is 62.8 Å². The molecule has 0 saturated carbocycles. The van der Waals surface area contributed by atoms with Gasteiger partial charge in [-0.2, -0.15) is 20.5 Å². The van der Waals surface area contributed by atoms with Crippen molar-refractivity contribution in [3.8, 4) is 11.5 Å². The molecule has 20 heteroatoms. The number of carbonyl (C=O) groups is 6. The van der Waals surface area contributed by atoms with Gasteiger partial charge in [-0.25, -0.2) is 0 Å². The van der Waals surface area contributed by atoms with Crippen molar-refractivity contribution < 1.29 is 38.2 Å². The number of azo groups is 2. The van der Waals surface area contributed by atoms with Crippen LogP contribution in [-0.4, -0.2) is 61.5 Å². The Morgan fingerprint density at radius 2 is 0.879 bits per heavy atom. The monoisotopic (exact) mass is 974 g/mol. The molecule has 5 aromatic carbocycles. The second-order valence-electron chi connectivity index (χ2n) is 14.4. The summed E-state index contributed by atoms with van der Waals surface area (Å²) in [5.74, 6) is -4.21. The first-order valence-electron chi connectivity index (χ1n) is 19.8. The summed E-state index contributed by atoms with van der Waals surface area (Å²) in [5, 5.41) is 26.3. The summed E-state index contributed by atoms with van der Waals surface area (Å²) in [5.41, 5.74) is 2.83. The average molecular weight is 977 g/mol. The van der Waals surface area contributed by atoms with Gasteiger partial charge in [0, 0.05) is 44.7 Å². The van der Waals surface area contributed by atoms with Gasteiger partial charge in [0.1, 0.15) is 11.5 Å². The number of carbonyl (C=O) groups excluding carboxylic acids is 6. The van der Waals surface area contributed by atoms with E-state index in [0.29, 0.717) is 22.5 Å². The Kier molecular flexibility index (Phi) is 17.5. The van der Waals surface area contributed by atoms with Crippen LogP contribution < -0.4 is 30.7 Å². The predicted octanol–water partition coefficient (Wildman–Crippen LogP) is 11.5. The van der Waals surface area contributed by atoms with Gasteiger partial charge >= 0.3 is 0 Å². The minimum Gasteiger partial charge on any atom is -0.494 e. The van der Waals surface area contributed by atoms with Crippen molar-refractivity contribution in [2.75, 3.05) is 35.5 Å². The highest BCUT2D eigenvalue weighted by molar-refractivity contribution is 6.32. The van der Waals surface area contributed by atoms with Gasteiger partial charge in [0.2, 0.25) is 12.1 Å². The molecule has 0 bridgehead atoms. The summed E-state index contributed by atoms with van der Waals surface area (Å²) in [6.07, 6.45) is 0. The highest BCUT2D eigenvalue weighted by Gasteiger charge is 2.28. The van der Waals surface area contributed by atoms with Crippen LogP contribution >= 0.6 is 46.4 Å². The van der Waals surface area contributed by atoms with Crippen LogP contribution in [0.3, 0.4) is 0 Å². The standard InChI is InChI=1S/C46H42Cl4N8O8/c1-23(47)33-11-7-9-13-35(33)51-43(61)27-15-29(49)19-31(17-27)55-57-41(25(3)59)45(63)53-37-21-40(66-6)38(22-39(37)65-5)54-46(64)42(26(4)60)58-56-32-18-28(16-30(50)20-32)44(62)52-36-14-10-8-12-34(36)24(2)48/h7-24,41-42H,1-6H3,(H,51,61)(H,52,62)(H,53,63)(H,54,64).